The standard InChI is InChI=1S/C30H38F3N3O8/c1-18(2)20-10-13-27(14-11-20,35-24(17-37)22-4-3-5-23(16-22)29(31,32)33)34-15-12-19-6-8-21(9-7-19)25(38)36-30(43,44)28(41,42)26(39)40/h3-9,16-18,20,25,34,36,38,41-44H,10-15H2,1-2H3,(H,39,40)/b35-24+. The molecule has 11 nitrogen and oxygen atoms in total. The largest absolute Gasteiger partial charge is 0.477 e. The lowest BCUT2D eigenvalue weighted by atomic mass is 9.76. The summed E-state index contributed by atoms with van der Waals surface area (Å²) >= 11 is 0. The van der Waals surface area contributed by atoms with Gasteiger partial charge in [0, 0.05) is 12.1 Å². The molecule has 1 saturated carbocycles. The van der Waals surface area contributed by atoms with Crippen LogP contribution >= 0.6 is 0 Å². The molecule has 3 rings (SSSR count). The summed E-state index contributed by atoms with van der Waals surface area (Å²) in [5, 5.41) is 62.3. The van der Waals surface area contributed by atoms with Crippen LogP contribution in [-0.2, 0) is 22.2 Å². The normalized spacial score (nSPS) is 20.9. The molecule has 2 aromatic rings. The van der Waals surface area contributed by atoms with E-state index in [1.54, 1.807) is 17.4 Å². The molecule has 0 heterocycles. The molecule has 0 spiro atoms. The van der Waals surface area contributed by atoms with Crippen LogP contribution in [0, 0.1) is 11.8 Å². The van der Waals surface area contributed by atoms with E-state index in [0.29, 0.717) is 43.9 Å². The van der Waals surface area contributed by atoms with E-state index in [1.165, 1.54) is 24.3 Å². The van der Waals surface area contributed by atoms with E-state index < -0.39 is 41.3 Å². The van der Waals surface area contributed by atoms with Gasteiger partial charge in [0.15, 0.2) is 6.29 Å². The minimum absolute atomic E-state index is 0.0557. The topological polar surface area (TPSA) is 192 Å². The Hall–Kier alpha value is -3.24. The van der Waals surface area contributed by atoms with Crippen LogP contribution in [0.4, 0.5) is 13.2 Å². The Balaban J connectivity index is 1.75. The molecule has 1 aliphatic carbocycles. The maximum Gasteiger partial charge on any atom is 0.416 e. The highest BCUT2D eigenvalue weighted by Crippen LogP contribution is 2.37. The number of carboxylic acid groups (broad SMARTS) is 1. The van der Waals surface area contributed by atoms with Crippen molar-refractivity contribution in [1.29, 1.82) is 0 Å². The van der Waals surface area contributed by atoms with Gasteiger partial charge < -0.3 is 30.6 Å². The van der Waals surface area contributed by atoms with E-state index in [4.69, 9.17) is 10.1 Å². The summed E-state index contributed by atoms with van der Waals surface area (Å²) in [5.74, 6) is -9.29. The predicted octanol–water partition coefficient (Wildman–Crippen LogP) is 2.05. The molecule has 14 heteroatoms. The Morgan fingerprint density at radius 1 is 1.07 bits per heavy atom. The first kappa shape index (κ1) is 35.2. The molecule has 0 bridgehead atoms. The molecule has 2 aromatic carbocycles. The molecule has 44 heavy (non-hydrogen) atoms. The number of carboxylic acids is 1. The zero-order chi connectivity index (χ0) is 32.9. The van der Waals surface area contributed by atoms with Gasteiger partial charge in [0.05, 0.1) is 5.56 Å². The SMILES string of the molecule is CC(C)C1CCC(/N=C(\C=O)c2cccc(C(F)(F)F)c2)(NCCc2ccc(C(O)NC(O)(O)C(O)(O)C(=O)O)cc2)CC1. The molecule has 1 fully saturated rings. The molecule has 1 unspecified atom stereocenters. The predicted molar refractivity (Wildman–Crippen MR) is 152 cm³/mol. The summed E-state index contributed by atoms with van der Waals surface area (Å²) in [7, 11) is 0. The smallest absolute Gasteiger partial charge is 0.416 e. The Morgan fingerprint density at radius 3 is 2.20 bits per heavy atom. The lowest BCUT2D eigenvalue weighted by molar-refractivity contribution is -0.364. The van der Waals surface area contributed by atoms with Gasteiger partial charge in [-0.15, -0.1) is 0 Å². The maximum absolute atomic E-state index is 13.3. The first-order chi connectivity index (χ1) is 20.4. The first-order valence-corrected chi connectivity index (χ1v) is 14.1. The van der Waals surface area contributed by atoms with Crippen molar-refractivity contribution in [3.8, 4) is 0 Å². The molecule has 1 aliphatic rings. The van der Waals surface area contributed by atoms with Gasteiger partial charge in [-0.25, -0.2) is 10.1 Å². The number of hydrogen-bond donors (Lipinski definition) is 8. The van der Waals surface area contributed by atoms with Gasteiger partial charge >= 0.3 is 17.9 Å². The van der Waals surface area contributed by atoms with Crippen LogP contribution in [0.2, 0.25) is 0 Å². The Kier molecular flexibility index (Phi) is 11.1. The molecule has 242 valence electrons. The number of carbonyl (C=O) groups is 2. The second-order valence-corrected chi connectivity index (χ2v) is 11.4. The van der Waals surface area contributed by atoms with Gasteiger partial charge in [-0.2, -0.15) is 13.2 Å². The quantitative estimate of drug-likeness (QED) is 0.0929. The number of rotatable bonds is 13. The van der Waals surface area contributed by atoms with Crippen LogP contribution in [0.5, 0.6) is 0 Å². The van der Waals surface area contributed by atoms with E-state index in [2.05, 4.69) is 19.2 Å². The number of nitrogens with one attached hydrogen (secondary N) is 2. The summed E-state index contributed by atoms with van der Waals surface area (Å²) in [6.45, 7) is 4.62. The summed E-state index contributed by atoms with van der Waals surface area (Å²) in [5.41, 5.74) is -0.953. The van der Waals surface area contributed by atoms with Crippen molar-refractivity contribution >= 4 is 18.0 Å². The number of aliphatic hydroxyl groups excluding tert-OH is 1. The van der Waals surface area contributed by atoms with E-state index >= 15 is 0 Å². The van der Waals surface area contributed by atoms with Gasteiger partial charge in [0.2, 0.25) is 0 Å². The van der Waals surface area contributed by atoms with Crippen LogP contribution in [0.25, 0.3) is 0 Å². The fraction of sp³-hybridized carbons (Fsp3) is 0.500. The summed E-state index contributed by atoms with van der Waals surface area (Å²) in [4.78, 5) is 27.7. The molecule has 0 saturated heterocycles. The number of benzene rings is 2. The number of halogens is 3. The monoisotopic (exact) mass is 625 g/mol. The van der Waals surface area contributed by atoms with Gasteiger partial charge in [-0.3, -0.25) is 15.1 Å². The third kappa shape index (κ3) is 8.47. The van der Waals surface area contributed by atoms with E-state index in [-0.39, 0.29) is 16.8 Å². The van der Waals surface area contributed by atoms with Crippen molar-refractivity contribution in [3.05, 3.63) is 70.8 Å². The van der Waals surface area contributed by atoms with Crippen LogP contribution in [0.15, 0.2) is 53.5 Å². The molecular weight excluding hydrogens is 587 g/mol. The average Bonchev–Trinajstić information content (AvgIpc) is 2.95. The van der Waals surface area contributed by atoms with Crippen molar-refractivity contribution in [1.82, 2.24) is 10.6 Å². The van der Waals surface area contributed by atoms with Crippen LogP contribution in [0.1, 0.15) is 68.0 Å². The van der Waals surface area contributed by atoms with Crippen molar-refractivity contribution in [3.63, 3.8) is 0 Å². The van der Waals surface area contributed by atoms with Crippen LogP contribution in [0.3, 0.4) is 0 Å². The van der Waals surface area contributed by atoms with Gasteiger partial charge in [0.25, 0.3) is 5.91 Å². The third-order valence-electron chi connectivity index (χ3n) is 8.02. The number of aliphatic hydroxyl groups is 5. The van der Waals surface area contributed by atoms with E-state index in [1.807, 2.05) is 0 Å². The molecular formula is C30H38F3N3O8. The number of nitrogens with zero attached hydrogens (tertiary/aromatic N) is 1. The minimum Gasteiger partial charge on any atom is -0.477 e. The summed E-state index contributed by atoms with van der Waals surface area (Å²) < 4.78 is 39.9. The molecule has 1 atom stereocenters. The zero-order valence-corrected chi connectivity index (χ0v) is 24.3. The minimum atomic E-state index is -4.57. The number of carbonyl (C=O) groups excluding carboxylic acids is 1. The molecule has 8 N–H and O–H groups in total. The first-order valence-electron chi connectivity index (χ1n) is 14.1. The van der Waals surface area contributed by atoms with Gasteiger partial charge in [-0.1, -0.05) is 50.2 Å². The lowest BCUT2D eigenvalue weighted by Crippen LogP contribution is -2.67. The van der Waals surface area contributed by atoms with Crippen LogP contribution < -0.4 is 10.6 Å². The Labute approximate surface area is 252 Å². The molecule has 0 aromatic heterocycles. The van der Waals surface area contributed by atoms with Gasteiger partial charge in [-0.05, 0) is 67.2 Å². The summed E-state index contributed by atoms with van der Waals surface area (Å²) in [6, 6.07) is 10.5. The number of aliphatic carboxylic acids is 1. The van der Waals surface area contributed by atoms with E-state index in [0.717, 1.165) is 30.5 Å². The highest BCUT2D eigenvalue weighted by Gasteiger charge is 2.55. The molecule has 0 amide bonds. The highest BCUT2D eigenvalue weighted by molar-refractivity contribution is 6.36. The molecule has 0 radical (unpaired) electrons. The summed E-state index contributed by atoms with van der Waals surface area (Å²) in [6.07, 6.45) is -2.80. The van der Waals surface area contributed by atoms with Crippen LogP contribution in [-0.4, -0.2) is 72.5 Å². The second-order valence-electron chi connectivity index (χ2n) is 11.4. The number of aldehydes is 1. The Bertz CT molecular complexity index is 1320. The number of hydrogen-bond acceptors (Lipinski definition) is 10. The van der Waals surface area contributed by atoms with Crippen molar-refractivity contribution in [2.45, 2.75) is 75.7 Å². The molecule has 0 aliphatic heterocycles. The van der Waals surface area contributed by atoms with E-state index in [9.17, 15) is 48.3 Å². The maximum atomic E-state index is 13.3. The average molecular weight is 626 g/mol. The fourth-order valence-corrected chi connectivity index (χ4v) is 5.19. The van der Waals surface area contributed by atoms with Crippen molar-refractivity contribution in [2.75, 3.05) is 6.54 Å². The lowest BCUT2D eigenvalue weighted by Gasteiger charge is -2.40. The number of alkyl halides is 3. The van der Waals surface area contributed by atoms with Gasteiger partial charge in [0.1, 0.15) is 17.6 Å². The van der Waals surface area contributed by atoms with Crippen molar-refractivity contribution in [2.24, 2.45) is 16.8 Å². The zero-order valence-electron chi connectivity index (χ0n) is 24.3. The fourth-order valence-electron chi connectivity index (χ4n) is 5.19. The third-order valence-corrected chi connectivity index (χ3v) is 8.02. The van der Waals surface area contributed by atoms with Crippen molar-refractivity contribution < 1.29 is 53.4 Å². The Morgan fingerprint density at radius 2 is 1.68 bits per heavy atom. The number of aliphatic imine (C=N–C) groups is 1. The second kappa shape index (κ2) is 13.8. The highest BCUT2D eigenvalue weighted by atomic mass is 19.4.